The Morgan fingerprint density at radius 2 is 2.41 bits per heavy atom. The lowest BCUT2D eigenvalue weighted by molar-refractivity contribution is -0.0304. The van der Waals surface area contributed by atoms with Crippen LogP contribution in [0.3, 0.4) is 0 Å². The number of unbranched alkanes of at least 4 members (excludes halogenated alkanes) is 1. The van der Waals surface area contributed by atoms with Gasteiger partial charge in [0.1, 0.15) is 5.82 Å². The summed E-state index contributed by atoms with van der Waals surface area (Å²) in [5.74, 6) is 0.562. The van der Waals surface area contributed by atoms with E-state index in [9.17, 15) is 0 Å². The Kier molecular flexibility index (Phi) is 4.34. The van der Waals surface area contributed by atoms with Crippen molar-refractivity contribution in [2.45, 2.75) is 25.9 Å². The molecule has 1 fully saturated rings. The van der Waals surface area contributed by atoms with Crippen molar-refractivity contribution in [1.82, 2.24) is 9.88 Å². The van der Waals surface area contributed by atoms with E-state index in [4.69, 9.17) is 10.5 Å². The molecule has 1 atom stereocenters. The molecule has 0 aliphatic carbocycles. The van der Waals surface area contributed by atoms with E-state index in [2.05, 4.69) is 16.8 Å². The van der Waals surface area contributed by atoms with E-state index in [1.54, 1.807) is 0 Å². The van der Waals surface area contributed by atoms with Gasteiger partial charge in [0.15, 0.2) is 0 Å². The van der Waals surface area contributed by atoms with Crippen LogP contribution in [0.2, 0.25) is 0 Å². The van der Waals surface area contributed by atoms with E-state index >= 15 is 0 Å². The van der Waals surface area contributed by atoms with Crippen molar-refractivity contribution < 1.29 is 4.74 Å². The van der Waals surface area contributed by atoms with Gasteiger partial charge in [0.25, 0.3) is 0 Å². The summed E-state index contributed by atoms with van der Waals surface area (Å²) in [6.07, 6.45) is 4.47. The van der Waals surface area contributed by atoms with E-state index in [0.29, 0.717) is 5.82 Å². The number of nitrogens with zero attached hydrogens (tertiary/aromatic N) is 2. The zero-order valence-electron chi connectivity index (χ0n) is 10.4. The molecular formula is C13H21N3O. The second-order valence-electron chi connectivity index (χ2n) is 4.53. The van der Waals surface area contributed by atoms with Gasteiger partial charge in [-0.1, -0.05) is 19.4 Å². The highest BCUT2D eigenvalue weighted by Gasteiger charge is 2.21. The zero-order chi connectivity index (χ0) is 12.1. The van der Waals surface area contributed by atoms with Gasteiger partial charge < -0.3 is 10.5 Å². The summed E-state index contributed by atoms with van der Waals surface area (Å²) in [5, 5.41) is 0. The van der Waals surface area contributed by atoms with Crippen LogP contribution >= 0.6 is 0 Å². The molecule has 94 valence electrons. The Balaban J connectivity index is 1.94. The van der Waals surface area contributed by atoms with Gasteiger partial charge in [-0.05, 0) is 19.0 Å². The van der Waals surface area contributed by atoms with E-state index in [1.807, 2.05) is 18.3 Å². The van der Waals surface area contributed by atoms with Crippen LogP contribution in [0.5, 0.6) is 0 Å². The minimum Gasteiger partial charge on any atom is -0.384 e. The van der Waals surface area contributed by atoms with Gasteiger partial charge in [-0.15, -0.1) is 0 Å². The molecule has 0 radical (unpaired) electrons. The molecule has 2 heterocycles. The first kappa shape index (κ1) is 12.3. The molecule has 0 amide bonds. The third kappa shape index (κ3) is 3.41. The fourth-order valence-electron chi connectivity index (χ4n) is 2.10. The summed E-state index contributed by atoms with van der Waals surface area (Å²) in [6.45, 7) is 6.20. The van der Waals surface area contributed by atoms with Crippen molar-refractivity contribution in [3.05, 3.63) is 23.9 Å². The van der Waals surface area contributed by atoms with E-state index in [-0.39, 0.29) is 6.10 Å². The van der Waals surface area contributed by atoms with E-state index in [0.717, 1.165) is 25.3 Å². The molecule has 0 unspecified atom stereocenters. The number of nitrogen functional groups attached to an aromatic ring is 1. The van der Waals surface area contributed by atoms with Crippen LogP contribution in [0.15, 0.2) is 18.3 Å². The summed E-state index contributed by atoms with van der Waals surface area (Å²) in [7, 11) is 0. The monoisotopic (exact) mass is 235 g/mol. The van der Waals surface area contributed by atoms with Gasteiger partial charge >= 0.3 is 0 Å². The molecule has 1 aliphatic rings. The number of nitrogens with two attached hydrogens (primary N) is 1. The van der Waals surface area contributed by atoms with Crippen molar-refractivity contribution >= 4 is 5.82 Å². The predicted molar refractivity (Wildman–Crippen MR) is 68.7 cm³/mol. The molecule has 0 aromatic carbocycles. The summed E-state index contributed by atoms with van der Waals surface area (Å²) < 4.78 is 5.79. The van der Waals surface area contributed by atoms with E-state index in [1.165, 1.54) is 19.4 Å². The fourth-order valence-corrected chi connectivity index (χ4v) is 2.10. The zero-order valence-corrected chi connectivity index (χ0v) is 10.4. The molecule has 17 heavy (non-hydrogen) atoms. The number of pyridine rings is 1. The van der Waals surface area contributed by atoms with Gasteiger partial charge in [0, 0.05) is 24.8 Å². The number of anilines is 1. The molecule has 0 saturated carbocycles. The molecular weight excluding hydrogens is 214 g/mol. The molecule has 0 bridgehead atoms. The molecule has 1 aromatic heterocycles. The second-order valence-corrected chi connectivity index (χ2v) is 4.53. The Morgan fingerprint density at radius 1 is 1.53 bits per heavy atom. The summed E-state index contributed by atoms with van der Waals surface area (Å²) >= 11 is 0. The number of aromatic nitrogens is 1. The highest BCUT2D eigenvalue weighted by molar-refractivity contribution is 5.30. The number of rotatable bonds is 4. The minimum atomic E-state index is 0.147. The van der Waals surface area contributed by atoms with Crippen LogP contribution < -0.4 is 5.73 Å². The molecule has 1 saturated heterocycles. The van der Waals surface area contributed by atoms with Crippen LogP contribution in [0.25, 0.3) is 0 Å². The van der Waals surface area contributed by atoms with Crippen molar-refractivity contribution in [3.63, 3.8) is 0 Å². The summed E-state index contributed by atoms with van der Waals surface area (Å²) in [5.41, 5.74) is 6.71. The van der Waals surface area contributed by atoms with Crippen LogP contribution in [0, 0.1) is 0 Å². The van der Waals surface area contributed by atoms with Crippen LogP contribution in [0.4, 0.5) is 5.82 Å². The molecule has 1 aliphatic heterocycles. The maximum absolute atomic E-state index is 5.79. The third-order valence-electron chi connectivity index (χ3n) is 3.16. The van der Waals surface area contributed by atoms with Crippen LogP contribution in [-0.4, -0.2) is 36.1 Å². The standard InChI is InChI=1S/C13H21N3O/c1-2-3-6-16-7-8-17-12(10-16)11-4-5-13(14)15-9-11/h4-5,9,12H,2-3,6-8,10H2,1H3,(H2,14,15)/t12-/m0/s1. The van der Waals surface area contributed by atoms with Gasteiger partial charge in [0.05, 0.1) is 12.7 Å². The minimum absolute atomic E-state index is 0.147. The molecule has 1 aromatic rings. The topological polar surface area (TPSA) is 51.4 Å². The Hall–Kier alpha value is -1.13. The Bertz CT molecular complexity index is 339. The normalized spacial score (nSPS) is 21.6. The smallest absolute Gasteiger partial charge is 0.123 e. The second kappa shape index (κ2) is 5.98. The lowest BCUT2D eigenvalue weighted by Gasteiger charge is -2.32. The number of morpholine rings is 1. The van der Waals surface area contributed by atoms with Gasteiger partial charge in [0.2, 0.25) is 0 Å². The highest BCUT2D eigenvalue weighted by Crippen LogP contribution is 2.22. The summed E-state index contributed by atoms with van der Waals surface area (Å²) in [4.78, 5) is 6.59. The van der Waals surface area contributed by atoms with Crippen molar-refractivity contribution in [3.8, 4) is 0 Å². The Labute approximate surface area is 103 Å². The Morgan fingerprint density at radius 3 is 3.12 bits per heavy atom. The molecule has 4 nitrogen and oxygen atoms in total. The summed E-state index contributed by atoms with van der Waals surface area (Å²) in [6, 6.07) is 3.85. The predicted octanol–water partition coefficient (Wildman–Crippen LogP) is 1.84. The number of ether oxygens (including phenoxy) is 1. The first-order chi connectivity index (χ1) is 8.29. The van der Waals surface area contributed by atoms with Crippen LogP contribution in [-0.2, 0) is 4.74 Å². The lowest BCUT2D eigenvalue weighted by atomic mass is 10.1. The first-order valence-electron chi connectivity index (χ1n) is 6.35. The number of hydrogen-bond acceptors (Lipinski definition) is 4. The number of hydrogen-bond donors (Lipinski definition) is 1. The van der Waals surface area contributed by atoms with Crippen molar-refractivity contribution in [2.75, 3.05) is 32.0 Å². The maximum Gasteiger partial charge on any atom is 0.123 e. The largest absolute Gasteiger partial charge is 0.384 e. The van der Waals surface area contributed by atoms with E-state index < -0.39 is 0 Å². The van der Waals surface area contributed by atoms with Crippen LogP contribution in [0.1, 0.15) is 31.4 Å². The average molecular weight is 235 g/mol. The molecule has 0 spiro atoms. The van der Waals surface area contributed by atoms with Gasteiger partial charge in [-0.25, -0.2) is 4.98 Å². The third-order valence-corrected chi connectivity index (χ3v) is 3.16. The molecule has 4 heteroatoms. The quantitative estimate of drug-likeness (QED) is 0.865. The van der Waals surface area contributed by atoms with Crippen molar-refractivity contribution in [1.29, 1.82) is 0 Å². The fraction of sp³-hybridized carbons (Fsp3) is 0.615. The molecule has 2 rings (SSSR count). The lowest BCUT2D eigenvalue weighted by Crippen LogP contribution is -2.38. The van der Waals surface area contributed by atoms with Gasteiger partial charge in [-0.2, -0.15) is 0 Å². The SMILES string of the molecule is CCCCN1CCO[C@H](c2ccc(N)nc2)C1. The van der Waals surface area contributed by atoms with Crippen molar-refractivity contribution in [2.24, 2.45) is 0 Å². The average Bonchev–Trinajstić information content (AvgIpc) is 2.37. The first-order valence-corrected chi connectivity index (χ1v) is 6.35. The van der Waals surface area contributed by atoms with Gasteiger partial charge in [-0.3, -0.25) is 4.90 Å². The highest BCUT2D eigenvalue weighted by atomic mass is 16.5. The maximum atomic E-state index is 5.79. The molecule has 2 N–H and O–H groups in total.